The molecule has 1 aliphatic rings. The van der Waals surface area contributed by atoms with Crippen LogP contribution in [0.5, 0.6) is 5.75 Å². The molecule has 0 radical (unpaired) electrons. The number of hydrogen-bond donors (Lipinski definition) is 0. The first kappa shape index (κ1) is 14.2. The van der Waals surface area contributed by atoms with Crippen LogP contribution in [0.25, 0.3) is 0 Å². The Kier molecular flexibility index (Phi) is 5.52. The third-order valence-electron chi connectivity index (χ3n) is 3.59. The van der Waals surface area contributed by atoms with Gasteiger partial charge in [0, 0.05) is 31.9 Å². The van der Waals surface area contributed by atoms with E-state index in [2.05, 4.69) is 47.9 Å². The molecule has 19 heavy (non-hydrogen) atoms. The van der Waals surface area contributed by atoms with E-state index in [0.29, 0.717) is 0 Å². The largest absolute Gasteiger partial charge is 0.494 e. The molecule has 0 atom stereocenters. The minimum atomic E-state index is 0.801. The van der Waals surface area contributed by atoms with Gasteiger partial charge < -0.3 is 9.64 Å². The molecule has 1 aliphatic heterocycles. The van der Waals surface area contributed by atoms with Crippen molar-refractivity contribution in [2.45, 2.75) is 26.7 Å². The van der Waals surface area contributed by atoms with Crippen LogP contribution in [0, 0.1) is 0 Å². The lowest BCUT2D eigenvalue weighted by molar-refractivity contribution is 0.258. The molecule has 0 spiro atoms. The smallest absolute Gasteiger partial charge is 0.119 e. The number of anilines is 1. The van der Waals surface area contributed by atoms with E-state index in [1.807, 2.05) is 0 Å². The number of piperazine rings is 1. The predicted octanol–water partition coefficient (Wildman–Crippen LogP) is 3.01. The van der Waals surface area contributed by atoms with Gasteiger partial charge in [-0.1, -0.05) is 13.8 Å². The Morgan fingerprint density at radius 1 is 0.947 bits per heavy atom. The first-order chi connectivity index (χ1) is 9.33. The number of nitrogens with zero attached hydrogens (tertiary/aromatic N) is 2. The molecule has 1 heterocycles. The Balaban J connectivity index is 1.85. The fourth-order valence-electron chi connectivity index (χ4n) is 2.52. The number of benzene rings is 1. The molecule has 3 heteroatoms. The number of rotatable bonds is 6. The molecule has 1 aromatic rings. The molecule has 0 amide bonds. The monoisotopic (exact) mass is 262 g/mol. The molecule has 0 N–H and O–H groups in total. The van der Waals surface area contributed by atoms with Gasteiger partial charge in [0.2, 0.25) is 0 Å². The second-order valence-corrected chi connectivity index (χ2v) is 5.17. The average Bonchev–Trinajstić information content (AvgIpc) is 2.47. The zero-order valence-corrected chi connectivity index (χ0v) is 12.3. The molecule has 106 valence electrons. The van der Waals surface area contributed by atoms with Crippen LogP contribution < -0.4 is 9.64 Å². The highest BCUT2D eigenvalue weighted by Crippen LogP contribution is 2.20. The Labute approximate surface area is 117 Å². The van der Waals surface area contributed by atoms with Crippen LogP contribution in [0.4, 0.5) is 5.69 Å². The summed E-state index contributed by atoms with van der Waals surface area (Å²) >= 11 is 0. The predicted molar refractivity (Wildman–Crippen MR) is 81.2 cm³/mol. The molecule has 2 rings (SSSR count). The van der Waals surface area contributed by atoms with E-state index in [1.165, 1.54) is 31.7 Å². The molecule has 0 aliphatic carbocycles. The minimum absolute atomic E-state index is 0.801. The van der Waals surface area contributed by atoms with Crippen molar-refractivity contribution in [2.24, 2.45) is 0 Å². The van der Waals surface area contributed by atoms with Gasteiger partial charge in [-0.15, -0.1) is 0 Å². The van der Waals surface area contributed by atoms with Crippen molar-refractivity contribution < 1.29 is 4.74 Å². The molecular weight excluding hydrogens is 236 g/mol. The van der Waals surface area contributed by atoms with Gasteiger partial charge in [0.25, 0.3) is 0 Å². The zero-order chi connectivity index (χ0) is 13.5. The lowest BCUT2D eigenvalue weighted by Crippen LogP contribution is -2.46. The first-order valence-electron chi connectivity index (χ1n) is 7.53. The van der Waals surface area contributed by atoms with Gasteiger partial charge in [-0.2, -0.15) is 0 Å². The molecule has 0 bridgehead atoms. The van der Waals surface area contributed by atoms with Crippen molar-refractivity contribution >= 4 is 5.69 Å². The average molecular weight is 262 g/mol. The zero-order valence-electron chi connectivity index (χ0n) is 12.3. The first-order valence-corrected chi connectivity index (χ1v) is 7.53. The summed E-state index contributed by atoms with van der Waals surface area (Å²) in [6.07, 6.45) is 2.31. The number of hydrogen-bond acceptors (Lipinski definition) is 3. The van der Waals surface area contributed by atoms with Gasteiger partial charge in [-0.25, -0.2) is 0 Å². The van der Waals surface area contributed by atoms with Crippen molar-refractivity contribution in [3.8, 4) is 5.75 Å². The SMILES string of the molecule is CCCOc1ccc(N2CCN(CCC)CC2)cc1. The highest BCUT2D eigenvalue weighted by Gasteiger charge is 2.16. The van der Waals surface area contributed by atoms with Crippen molar-refractivity contribution in [2.75, 3.05) is 44.2 Å². The lowest BCUT2D eigenvalue weighted by Gasteiger charge is -2.36. The molecule has 3 nitrogen and oxygen atoms in total. The third-order valence-corrected chi connectivity index (χ3v) is 3.59. The summed E-state index contributed by atoms with van der Waals surface area (Å²) < 4.78 is 5.62. The summed E-state index contributed by atoms with van der Waals surface area (Å²) in [5, 5.41) is 0. The van der Waals surface area contributed by atoms with Crippen molar-refractivity contribution in [1.29, 1.82) is 0 Å². The van der Waals surface area contributed by atoms with Crippen molar-refractivity contribution in [1.82, 2.24) is 4.90 Å². The maximum absolute atomic E-state index is 5.62. The Morgan fingerprint density at radius 3 is 2.21 bits per heavy atom. The van der Waals surface area contributed by atoms with E-state index < -0.39 is 0 Å². The van der Waals surface area contributed by atoms with Crippen LogP contribution in [0.2, 0.25) is 0 Å². The second kappa shape index (κ2) is 7.39. The van der Waals surface area contributed by atoms with E-state index in [4.69, 9.17) is 4.74 Å². The van der Waals surface area contributed by atoms with Crippen LogP contribution in [0.3, 0.4) is 0 Å². The van der Waals surface area contributed by atoms with Gasteiger partial charge in [-0.05, 0) is 43.7 Å². The Hall–Kier alpha value is -1.22. The van der Waals surface area contributed by atoms with Crippen LogP contribution in [-0.2, 0) is 0 Å². The highest BCUT2D eigenvalue weighted by molar-refractivity contribution is 5.49. The van der Waals surface area contributed by atoms with E-state index in [1.54, 1.807) is 0 Å². The van der Waals surface area contributed by atoms with E-state index >= 15 is 0 Å². The summed E-state index contributed by atoms with van der Waals surface area (Å²) in [7, 11) is 0. The molecule has 0 saturated carbocycles. The van der Waals surface area contributed by atoms with Crippen molar-refractivity contribution in [3.63, 3.8) is 0 Å². The van der Waals surface area contributed by atoms with E-state index in [0.717, 1.165) is 31.9 Å². The topological polar surface area (TPSA) is 15.7 Å². The molecular formula is C16H26N2O. The molecule has 1 aromatic carbocycles. The molecule has 0 unspecified atom stereocenters. The summed E-state index contributed by atoms with van der Waals surface area (Å²) in [5.41, 5.74) is 1.32. The van der Waals surface area contributed by atoms with Crippen LogP contribution in [0.1, 0.15) is 26.7 Å². The van der Waals surface area contributed by atoms with Crippen LogP contribution >= 0.6 is 0 Å². The van der Waals surface area contributed by atoms with E-state index in [9.17, 15) is 0 Å². The standard InChI is InChI=1S/C16H26N2O/c1-3-9-17-10-12-18(13-11-17)15-5-7-16(8-6-15)19-14-4-2/h5-8H,3-4,9-14H2,1-2H3. The van der Waals surface area contributed by atoms with Gasteiger partial charge in [-0.3, -0.25) is 4.90 Å². The Morgan fingerprint density at radius 2 is 1.63 bits per heavy atom. The van der Waals surface area contributed by atoms with Gasteiger partial charge in [0.15, 0.2) is 0 Å². The fourth-order valence-corrected chi connectivity index (χ4v) is 2.52. The lowest BCUT2D eigenvalue weighted by atomic mass is 10.2. The minimum Gasteiger partial charge on any atom is -0.494 e. The third kappa shape index (κ3) is 4.13. The number of ether oxygens (including phenoxy) is 1. The fraction of sp³-hybridized carbons (Fsp3) is 0.625. The summed E-state index contributed by atoms with van der Waals surface area (Å²) in [6, 6.07) is 8.54. The Bertz CT molecular complexity index is 356. The maximum Gasteiger partial charge on any atom is 0.119 e. The summed E-state index contributed by atoms with van der Waals surface area (Å²) in [5.74, 6) is 0.982. The van der Waals surface area contributed by atoms with Crippen molar-refractivity contribution in [3.05, 3.63) is 24.3 Å². The quantitative estimate of drug-likeness (QED) is 0.784. The van der Waals surface area contributed by atoms with Gasteiger partial charge >= 0.3 is 0 Å². The molecule has 1 saturated heterocycles. The van der Waals surface area contributed by atoms with Crippen LogP contribution in [-0.4, -0.2) is 44.2 Å². The maximum atomic E-state index is 5.62. The molecule has 1 fully saturated rings. The second-order valence-electron chi connectivity index (χ2n) is 5.17. The highest BCUT2D eigenvalue weighted by atomic mass is 16.5. The van der Waals surface area contributed by atoms with E-state index in [-0.39, 0.29) is 0 Å². The van der Waals surface area contributed by atoms with Crippen LogP contribution in [0.15, 0.2) is 24.3 Å². The summed E-state index contributed by atoms with van der Waals surface area (Å²) in [6.45, 7) is 11.0. The van der Waals surface area contributed by atoms with Gasteiger partial charge in [0.1, 0.15) is 5.75 Å². The normalized spacial score (nSPS) is 16.6. The summed E-state index contributed by atoms with van der Waals surface area (Å²) in [4.78, 5) is 5.02. The molecule has 0 aromatic heterocycles. The van der Waals surface area contributed by atoms with Gasteiger partial charge in [0.05, 0.1) is 6.61 Å².